The molecule has 0 bridgehead atoms. The number of amides is 3. The van der Waals surface area contributed by atoms with Crippen LogP contribution in [0.3, 0.4) is 0 Å². The molecule has 1 aliphatic heterocycles. The Bertz CT molecular complexity index is 869. The minimum atomic E-state index is -0.498. The van der Waals surface area contributed by atoms with Gasteiger partial charge in [0.1, 0.15) is 11.5 Å². The average Bonchev–Trinajstić information content (AvgIpc) is 2.74. The van der Waals surface area contributed by atoms with Crippen molar-refractivity contribution in [2.45, 2.75) is 12.8 Å². The van der Waals surface area contributed by atoms with Crippen molar-refractivity contribution in [1.82, 2.24) is 4.90 Å². The van der Waals surface area contributed by atoms with Gasteiger partial charge in [0.2, 0.25) is 5.91 Å². The smallest absolute Gasteiger partial charge is 0.314 e. The molecule has 3 rings (SSSR count). The summed E-state index contributed by atoms with van der Waals surface area (Å²) in [6, 6.07) is 11.8. The quantitative estimate of drug-likeness (QED) is 0.776. The number of carbonyl (C=O) groups is 2. The zero-order chi connectivity index (χ0) is 20.8. The fraction of sp³-hybridized carbons (Fsp3) is 0.333. The lowest BCUT2D eigenvalue weighted by Crippen LogP contribution is -2.46. The number of primary amides is 1. The number of hydrogen-bond acceptors (Lipinski definition) is 5. The third kappa shape index (κ3) is 5.10. The van der Waals surface area contributed by atoms with Crippen LogP contribution < -0.4 is 25.3 Å². The molecule has 3 amide bonds. The van der Waals surface area contributed by atoms with E-state index in [4.69, 9.17) is 19.9 Å². The van der Waals surface area contributed by atoms with E-state index in [1.54, 1.807) is 56.7 Å². The van der Waals surface area contributed by atoms with Crippen molar-refractivity contribution in [3.63, 3.8) is 0 Å². The summed E-state index contributed by atoms with van der Waals surface area (Å²) in [5, 5.41) is 2.89. The third-order valence-corrected chi connectivity index (χ3v) is 4.82. The summed E-state index contributed by atoms with van der Waals surface area (Å²) in [6.45, 7) is 0.911. The van der Waals surface area contributed by atoms with Gasteiger partial charge in [-0.15, -0.1) is 0 Å². The maximum atomic E-state index is 12.7. The first-order valence-corrected chi connectivity index (χ1v) is 9.35. The Kier molecular flexibility index (Phi) is 6.43. The second kappa shape index (κ2) is 9.18. The molecule has 0 aromatic heterocycles. The number of likely N-dealkylation sites (tertiary alicyclic amines) is 1. The van der Waals surface area contributed by atoms with Crippen molar-refractivity contribution < 1.29 is 23.8 Å². The summed E-state index contributed by atoms with van der Waals surface area (Å²) in [5.74, 6) is 1.88. The monoisotopic (exact) mass is 399 g/mol. The Morgan fingerprint density at radius 1 is 1.03 bits per heavy atom. The molecular formula is C21H25N3O5. The zero-order valence-electron chi connectivity index (χ0n) is 16.5. The molecule has 1 atom stereocenters. The molecule has 29 heavy (non-hydrogen) atoms. The predicted molar refractivity (Wildman–Crippen MR) is 109 cm³/mol. The van der Waals surface area contributed by atoms with Crippen LogP contribution >= 0.6 is 0 Å². The molecule has 0 spiro atoms. The number of nitrogens with one attached hydrogen (secondary N) is 1. The number of urea groups is 1. The lowest BCUT2D eigenvalue weighted by Gasteiger charge is -2.30. The van der Waals surface area contributed by atoms with Gasteiger partial charge in [-0.05, 0) is 49.2 Å². The SMILES string of the molecule is COc1ccc(Oc2cc(NC(=O)[C@H]3CCCN(C(N)=O)C3)ccc2OC)cc1. The first-order chi connectivity index (χ1) is 14.0. The van der Waals surface area contributed by atoms with Gasteiger partial charge < -0.3 is 30.2 Å². The summed E-state index contributed by atoms with van der Waals surface area (Å²) in [7, 11) is 3.15. The standard InChI is InChI=1S/C21H25N3O5/c1-27-16-6-8-17(9-7-16)29-19-12-15(5-10-18(19)28-2)23-20(25)14-4-3-11-24(13-14)21(22)26/h5-10,12,14H,3-4,11,13H2,1-2H3,(H2,22,26)(H,23,25)/t14-/m0/s1. The van der Waals surface area contributed by atoms with Gasteiger partial charge in [0.15, 0.2) is 11.5 Å². The van der Waals surface area contributed by atoms with E-state index in [-0.39, 0.29) is 11.8 Å². The van der Waals surface area contributed by atoms with Gasteiger partial charge >= 0.3 is 6.03 Å². The van der Waals surface area contributed by atoms with Crippen LogP contribution in [-0.2, 0) is 4.79 Å². The lowest BCUT2D eigenvalue weighted by molar-refractivity contribution is -0.121. The van der Waals surface area contributed by atoms with Gasteiger partial charge in [-0.1, -0.05) is 0 Å². The average molecular weight is 399 g/mol. The highest BCUT2D eigenvalue weighted by Crippen LogP contribution is 2.35. The summed E-state index contributed by atoms with van der Waals surface area (Å²) in [6.07, 6.45) is 1.45. The van der Waals surface area contributed by atoms with Gasteiger partial charge in [-0.3, -0.25) is 4.79 Å². The third-order valence-electron chi connectivity index (χ3n) is 4.82. The molecule has 8 nitrogen and oxygen atoms in total. The van der Waals surface area contributed by atoms with E-state index in [0.29, 0.717) is 42.4 Å². The Hall–Kier alpha value is -3.42. The van der Waals surface area contributed by atoms with Crippen molar-refractivity contribution in [2.24, 2.45) is 11.7 Å². The maximum absolute atomic E-state index is 12.7. The predicted octanol–water partition coefficient (Wildman–Crippen LogP) is 3.23. The minimum absolute atomic E-state index is 0.156. The highest BCUT2D eigenvalue weighted by Gasteiger charge is 2.27. The van der Waals surface area contributed by atoms with Gasteiger partial charge in [-0.2, -0.15) is 0 Å². The van der Waals surface area contributed by atoms with Gasteiger partial charge in [0, 0.05) is 24.8 Å². The van der Waals surface area contributed by atoms with Crippen molar-refractivity contribution in [3.8, 4) is 23.0 Å². The first-order valence-electron chi connectivity index (χ1n) is 9.35. The number of rotatable bonds is 6. The lowest BCUT2D eigenvalue weighted by atomic mass is 9.97. The highest BCUT2D eigenvalue weighted by atomic mass is 16.5. The molecule has 1 saturated heterocycles. The van der Waals surface area contributed by atoms with Crippen LogP contribution in [0.15, 0.2) is 42.5 Å². The zero-order valence-corrected chi connectivity index (χ0v) is 16.5. The second-order valence-corrected chi connectivity index (χ2v) is 6.76. The van der Waals surface area contributed by atoms with E-state index in [1.807, 2.05) is 0 Å². The Morgan fingerprint density at radius 2 is 1.76 bits per heavy atom. The molecule has 154 valence electrons. The van der Waals surface area contributed by atoms with Crippen LogP contribution in [0.4, 0.5) is 10.5 Å². The number of piperidine rings is 1. The van der Waals surface area contributed by atoms with Crippen molar-refractivity contribution in [1.29, 1.82) is 0 Å². The van der Waals surface area contributed by atoms with Gasteiger partial charge in [0.05, 0.1) is 20.1 Å². The van der Waals surface area contributed by atoms with E-state index < -0.39 is 6.03 Å². The molecule has 1 fully saturated rings. The van der Waals surface area contributed by atoms with Crippen molar-refractivity contribution in [2.75, 3.05) is 32.6 Å². The minimum Gasteiger partial charge on any atom is -0.497 e. The molecule has 8 heteroatoms. The molecule has 3 N–H and O–H groups in total. The number of nitrogens with zero attached hydrogens (tertiary/aromatic N) is 1. The molecule has 0 aliphatic carbocycles. The number of hydrogen-bond donors (Lipinski definition) is 2. The number of nitrogens with two attached hydrogens (primary N) is 1. The second-order valence-electron chi connectivity index (χ2n) is 6.76. The fourth-order valence-corrected chi connectivity index (χ4v) is 3.24. The molecule has 0 radical (unpaired) electrons. The van der Waals surface area contributed by atoms with E-state index in [0.717, 1.165) is 12.2 Å². The van der Waals surface area contributed by atoms with E-state index in [2.05, 4.69) is 5.32 Å². The van der Waals surface area contributed by atoms with E-state index in [9.17, 15) is 9.59 Å². The van der Waals surface area contributed by atoms with Crippen LogP contribution in [0.1, 0.15) is 12.8 Å². The van der Waals surface area contributed by atoms with Gasteiger partial charge in [-0.25, -0.2) is 4.79 Å². The van der Waals surface area contributed by atoms with Crippen LogP contribution in [0.2, 0.25) is 0 Å². The fourth-order valence-electron chi connectivity index (χ4n) is 3.24. The van der Waals surface area contributed by atoms with Crippen LogP contribution in [-0.4, -0.2) is 44.1 Å². The topological polar surface area (TPSA) is 103 Å². The molecule has 0 unspecified atom stereocenters. The molecule has 1 heterocycles. The number of ether oxygens (including phenoxy) is 3. The summed E-state index contributed by atoms with van der Waals surface area (Å²) < 4.78 is 16.4. The van der Waals surface area contributed by atoms with E-state index in [1.165, 1.54) is 4.90 Å². The highest BCUT2D eigenvalue weighted by molar-refractivity contribution is 5.93. The van der Waals surface area contributed by atoms with Crippen LogP contribution in [0, 0.1) is 5.92 Å². The summed E-state index contributed by atoms with van der Waals surface area (Å²) in [4.78, 5) is 25.5. The number of carbonyl (C=O) groups excluding carboxylic acids is 2. The van der Waals surface area contributed by atoms with Crippen LogP contribution in [0.5, 0.6) is 23.0 Å². The largest absolute Gasteiger partial charge is 0.497 e. The molecule has 2 aromatic rings. The maximum Gasteiger partial charge on any atom is 0.314 e. The molecule has 1 aliphatic rings. The molecule has 2 aromatic carbocycles. The summed E-state index contributed by atoms with van der Waals surface area (Å²) >= 11 is 0. The number of benzene rings is 2. The number of anilines is 1. The van der Waals surface area contributed by atoms with Crippen molar-refractivity contribution in [3.05, 3.63) is 42.5 Å². The van der Waals surface area contributed by atoms with E-state index >= 15 is 0 Å². The molecular weight excluding hydrogens is 374 g/mol. The normalized spacial score (nSPS) is 16.1. The number of methoxy groups -OCH3 is 2. The van der Waals surface area contributed by atoms with Crippen molar-refractivity contribution >= 4 is 17.6 Å². The first kappa shape index (κ1) is 20.3. The Balaban J connectivity index is 1.72. The molecule has 0 saturated carbocycles. The Labute approximate surface area is 169 Å². The summed E-state index contributed by atoms with van der Waals surface area (Å²) in [5.41, 5.74) is 5.92. The van der Waals surface area contributed by atoms with Crippen LogP contribution in [0.25, 0.3) is 0 Å². The van der Waals surface area contributed by atoms with Gasteiger partial charge in [0.25, 0.3) is 0 Å². The Morgan fingerprint density at radius 3 is 2.41 bits per heavy atom.